The van der Waals surface area contributed by atoms with E-state index in [1.165, 1.54) is 18.2 Å². The second-order valence-electron chi connectivity index (χ2n) is 9.19. The van der Waals surface area contributed by atoms with Crippen molar-refractivity contribution in [2.24, 2.45) is 23.5 Å². The zero-order valence-electron chi connectivity index (χ0n) is 22.8. The molecule has 0 bridgehead atoms. The molecule has 0 aliphatic carbocycles. The van der Waals surface area contributed by atoms with Crippen LogP contribution in [0.4, 0.5) is 14.4 Å². The van der Waals surface area contributed by atoms with E-state index in [0.717, 1.165) is 20.0 Å². The number of carbonyl (C=O) groups excluding carboxylic acids is 3. The molecular formula is C26H39NO11. The molecule has 0 heterocycles. The van der Waals surface area contributed by atoms with E-state index in [1.54, 1.807) is 6.92 Å². The molecule has 0 aliphatic heterocycles. The number of hydrogen-bond donors (Lipinski definition) is 2. The van der Waals surface area contributed by atoms with Crippen molar-refractivity contribution in [1.82, 2.24) is 0 Å². The summed E-state index contributed by atoms with van der Waals surface area (Å²) in [6, 6.07) is 2.71. The molecule has 3 N–H and O–H groups in total. The Labute approximate surface area is 222 Å². The first-order chi connectivity index (χ1) is 17.9. The van der Waals surface area contributed by atoms with Crippen molar-refractivity contribution >= 4 is 24.4 Å². The number of rotatable bonds is 14. The summed E-state index contributed by atoms with van der Waals surface area (Å²) in [6.45, 7) is 9.36. The predicted molar refractivity (Wildman–Crippen MR) is 135 cm³/mol. The molecule has 12 nitrogen and oxygen atoms in total. The Hall–Kier alpha value is -3.54. The molecule has 0 saturated heterocycles. The molecule has 1 rings (SSSR count). The van der Waals surface area contributed by atoms with Crippen molar-refractivity contribution in [3.8, 4) is 11.5 Å². The summed E-state index contributed by atoms with van der Waals surface area (Å²) < 4.78 is 30.3. The molecule has 12 heteroatoms. The van der Waals surface area contributed by atoms with Gasteiger partial charge in [-0.05, 0) is 35.4 Å². The molecule has 0 amide bonds. The Morgan fingerprint density at radius 3 is 1.79 bits per heavy atom. The van der Waals surface area contributed by atoms with Crippen LogP contribution in [0, 0.1) is 17.8 Å². The number of nitrogens with two attached hydrogens (primary N) is 1. The molecule has 0 saturated carbocycles. The molecule has 0 aromatic heterocycles. The monoisotopic (exact) mass is 541 g/mol. The fourth-order valence-corrected chi connectivity index (χ4v) is 3.20. The van der Waals surface area contributed by atoms with E-state index in [4.69, 9.17) is 29.4 Å². The molecule has 38 heavy (non-hydrogen) atoms. The Kier molecular flexibility index (Phi) is 14.0. The largest absolute Gasteiger partial charge is 0.513 e. The second-order valence-corrected chi connectivity index (χ2v) is 9.19. The van der Waals surface area contributed by atoms with E-state index in [1.807, 2.05) is 27.7 Å². The average molecular weight is 542 g/mol. The van der Waals surface area contributed by atoms with Gasteiger partial charge in [0.25, 0.3) is 0 Å². The summed E-state index contributed by atoms with van der Waals surface area (Å²) >= 11 is 0. The minimum absolute atomic E-state index is 0.0914. The first-order valence-corrected chi connectivity index (χ1v) is 12.5. The fourth-order valence-electron chi connectivity index (χ4n) is 3.20. The van der Waals surface area contributed by atoms with Crippen LogP contribution < -0.4 is 15.2 Å². The SMILES string of the molecule is CCC(C)COC(=O)Oc1ccc(C(C(C)COC(=O)OC)[C@H](N)C(=O)O)cc1OC(=O)OCC(C)CC. The summed E-state index contributed by atoms with van der Waals surface area (Å²) in [5.74, 6) is -2.95. The van der Waals surface area contributed by atoms with Gasteiger partial charge in [-0.3, -0.25) is 4.79 Å². The van der Waals surface area contributed by atoms with Gasteiger partial charge in [-0.1, -0.05) is 53.5 Å². The molecule has 0 fully saturated rings. The van der Waals surface area contributed by atoms with Crippen LogP contribution in [0.3, 0.4) is 0 Å². The van der Waals surface area contributed by atoms with Crippen LogP contribution in [0.2, 0.25) is 0 Å². The van der Waals surface area contributed by atoms with Crippen molar-refractivity contribution in [1.29, 1.82) is 0 Å². The fraction of sp³-hybridized carbons (Fsp3) is 0.615. The number of carboxylic acid groups (broad SMARTS) is 1. The number of carboxylic acids is 1. The minimum Gasteiger partial charge on any atom is -0.480 e. The quantitative estimate of drug-likeness (QED) is 0.189. The number of aliphatic carboxylic acids is 1. The Morgan fingerprint density at radius 1 is 0.816 bits per heavy atom. The average Bonchev–Trinajstić information content (AvgIpc) is 2.89. The number of ether oxygens (including phenoxy) is 6. The molecular weight excluding hydrogens is 502 g/mol. The van der Waals surface area contributed by atoms with E-state index in [0.29, 0.717) is 5.56 Å². The molecule has 1 aromatic rings. The Bertz CT molecular complexity index is 936. The molecule has 5 atom stereocenters. The normalized spacial score (nSPS) is 14.7. The lowest BCUT2D eigenvalue weighted by Crippen LogP contribution is -2.40. The standard InChI is InChI=1S/C26H39NO11/c1-7-15(3)12-34-25(31)37-19-10-9-18(11-20(19)38-26(32)35-13-16(4)8-2)21(22(27)23(28)29)17(5)14-36-24(30)33-6/h9-11,15-17,21-22H,7-8,12-14,27H2,1-6H3,(H,28,29)/t15?,16?,17?,21?,22-/m0/s1. The maximum absolute atomic E-state index is 12.4. The zero-order valence-corrected chi connectivity index (χ0v) is 22.8. The third kappa shape index (κ3) is 10.8. The van der Waals surface area contributed by atoms with E-state index in [-0.39, 0.29) is 43.2 Å². The number of hydrogen-bond acceptors (Lipinski definition) is 11. The van der Waals surface area contributed by atoms with Gasteiger partial charge in [-0.25, -0.2) is 14.4 Å². The van der Waals surface area contributed by atoms with Crippen LogP contribution in [-0.4, -0.2) is 62.5 Å². The summed E-state index contributed by atoms with van der Waals surface area (Å²) in [4.78, 5) is 47.8. The van der Waals surface area contributed by atoms with Crippen molar-refractivity contribution in [3.63, 3.8) is 0 Å². The van der Waals surface area contributed by atoms with Crippen LogP contribution in [0.25, 0.3) is 0 Å². The lowest BCUT2D eigenvalue weighted by atomic mass is 9.82. The summed E-state index contributed by atoms with van der Waals surface area (Å²) in [7, 11) is 1.14. The highest BCUT2D eigenvalue weighted by Crippen LogP contribution is 2.36. The van der Waals surface area contributed by atoms with Gasteiger partial charge in [0.1, 0.15) is 6.04 Å². The van der Waals surface area contributed by atoms with E-state index in [2.05, 4.69) is 4.74 Å². The van der Waals surface area contributed by atoms with Crippen LogP contribution >= 0.6 is 0 Å². The van der Waals surface area contributed by atoms with Gasteiger partial charge in [0.2, 0.25) is 0 Å². The van der Waals surface area contributed by atoms with Gasteiger partial charge in [0.15, 0.2) is 11.5 Å². The summed E-state index contributed by atoms with van der Waals surface area (Å²) in [6.07, 6.45) is -1.41. The Morgan fingerprint density at radius 2 is 1.32 bits per heavy atom. The number of benzene rings is 1. The topological polar surface area (TPSA) is 170 Å². The van der Waals surface area contributed by atoms with Gasteiger partial charge >= 0.3 is 24.4 Å². The van der Waals surface area contributed by atoms with E-state index in [9.17, 15) is 24.3 Å². The number of methoxy groups -OCH3 is 1. The highest BCUT2D eigenvalue weighted by molar-refractivity contribution is 5.75. The van der Waals surface area contributed by atoms with Crippen LogP contribution in [0.15, 0.2) is 18.2 Å². The highest BCUT2D eigenvalue weighted by Gasteiger charge is 2.33. The van der Waals surface area contributed by atoms with Crippen LogP contribution in [0.1, 0.15) is 58.9 Å². The van der Waals surface area contributed by atoms with Gasteiger partial charge in [-0.15, -0.1) is 0 Å². The molecule has 0 radical (unpaired) electrons. The lowest BCUT2D eigenvalue weighted by Gasteiger charge is -2.27. The second kappa shape index (κ2) is 16.3. The van der Waals surface area contributed by atoms with Gasteiger partial charge in [0.05, 0.1) is 26.9 Å². The highest BCUT2D eigenvalue weighted by atomic mass is 16.7. The molecule has 214 valence electrons. The lowest BCUT2D eigenvalue weighted by molar-refractivity contribution is -0.139. The van der Waals surface area contributed by atoms with Crippen molar-refractivity contribution < 1.29 is 52.7 Å². The summed E-state index contributed by atoms with van der Waals surface area (Å²) in [5.41, 5.74) is 6.30. The zero-order chi connectivity index (χ0) is 28.8. The van der Waals surface area contributed by atoms with Gasteiger partial charge in [-0.2, -0.15) is 0 Å². The van der Waals surface area contributed by atoms with Crippen LogP contribution in [0.5, 0.6) is 11.5 Å². The first kappa shape index (κ1) is 32.5. The molecule has 1 aromatic carbocycles. The minimum atomic E-state index is -1.41. The van der Waals surface area contributed by atoms with Gasteiger partial charge < -0.3 is 39.3 Å². The number of carbonyl (C=O) groups is 4. The van der Waals surface area contributed by atoms with E-state index < -0.39 is 42.3 Å². The Balaban J connectivity index is 3.32. The maximum Gasteiger partial charge on any atom is 0.513 e. The van der Waals surface area contributed by atoms with Crippen molar-refractivity contribution in [3.05, 3.63) is 23.8 Å². The van der Waals surface area contributed by atoms with E-state index >= 15 is 0 Å². The third-order valence-electron chi connectivity index (χ3n) is 6.02. The maximum atomic E-state index is 12.4. The van der Waals surface area contributed by atoms with Crippen LogP contribution in [-0.2, 0) is 23.7 Å². The molecule has 0 aliphatic rings. The first-order valence-electron chi connectivity index (χ1n) is 12.5. The smallest absolute Gasteiger partial charge is 0.480 e. The third-order valence-corrected chi connectivity index (χ3v) is 6.02. The van der Waals surface area contributed by atoms with Crippen molar-refractivity contribution in [2.75, 3.05) is 26.9 Å². The molecule has 4 unspecified atom stereocenters. The van der Waals surface area contributed by atoms with Crippen molar-refractivity contribution in [2.45, 2.75) is 59.4 Å². The molecule has 0 spiro atoms. The summed E-state index contributed by atoms with van der Waals surface area (Å²) in [5, 5.41) is 9.60. The van der Waals surface area contributed by atoms with Gasteiger partial charge in [0, 0.05) is 5.92 Å². The predicted octanol–water partition coefficient (Wildman–Crippen LogP) is 4.72.